The molecule has 0 aliphatic carbocycles. The Labute approximate surface area is 120 Å². The van der Waals surface area contributed by atoms with Crippen LogP contribution in [-0.2, 0) is 4.79 Å². The van der Waals surface area contributed by atoms with Crippen LogP contribution in [0, 0.1) is 0 Å². The minimum Gasteiger partial charge on any atom is -0.497 e. The average molecular weight is 278 g/mol. The quantitative estimate of drug-likeness (QED) is 0.394. The summed E-state index contributed by atoms with van der Waals surface area (Å²) in [5.41, 5.74) is 0.399. The van der Waals surface area contributed by atoms with E-state index in [0.717, 1.165) is 19.3 Å². The molecule has 0 aromatic heterocycles. The second kappa shape index (κ2) is 8.35. The van der Waals surface area contributed by atoms with Gasteiger partial charge in [-0.1, -0.05) is 19.8 Å². The number of carbonyl (C=O) groups excluding carboxylic acids is 2. The normalized spacial score (nSPS) is 10.2. The highest BCUT2D eigenvalue weighted by Gasteiger charge is 2.16. The molecule has 0 saturated carbocycles. The van der Waals surface area contributed by atoms with Gasteiger partial charge in [0.05, 0.1) is 26.2 Å². The van der Waals surface area contributed by atoms with Gasteiger partial charge in [0.25, 0.3) is 0 Å². The number of ketones is 2. The number of hydrogen-bond donors (Lipinski definition) is 0. The van der Waals surface area contributed by atoms with E-state index in [0.29, 0.717) is 23.5 Å². The van der Waals surface area contributed by atoms with Gasteiger partial charge in [-0.25, -0.2) is 0 Å². The van der Waals surface area contributed by atoms with Gasteiger partial charge in [0.2, 0.25) is 0 Å². The van der Waals surface area contributed by atoms with Crippen molar-refractivity contribution < 1.29 is 19.1 Å². The van der Waals surface area contributed by atoms with Gasteiger partial charge in [0.1, 0.15) is 17.3 Å². The lowest BCUT2D eigenvalue weighted by Gasteiger charge is -2.09. The van der Waals surface area contributed by atoms with Crippen molar-refractivity contribution in [1.29, 1.82) is 0 Å². The van der Waals surface area contributed by atoms with Crippen molar-refractivity contribution in [1.82, 2.24) is 0 Å². The van der Waals surface area contributed by atoms with Crippen molar-refractivity contribution in [3.05, 3.63) is 23.8 Å². The molecule has 4 nitrogen and oxygen atoms in total. The van der Waals surface area contributed by atoms with E-state index in [1.54, 1.807) is 18.2 Å². The minimum atomic E-state index is -0.220. The maximum absolute atomic E-state index is 12.2. The van der Waals surface area contributed by atoms with Gasteiger partial charge in [-0.3, -0.25) is 9.59 Å². The van der Waals surface area contributed by atoms with Crippen LogP contribution in [0.5, 0.6) is 11.5 Å². The van der Waals surface area contributed by atoms with Crippen molar-refractivity contribution >= 4 is 11.6 Å². The van der Waals surface area contributed by atoms with E-state index in [4.69, 9.17) is 9.47 Å². The minimum absolute atomic E-state index is 0.0201. The molecule has 0 spiro atoms. The fraction of sp³-hybridized carbons (Fsp3) is 0.500. The summed E-state index contributed by atoms with van der Waals surface area (Å²) < 4.78 is 10.3. The second-order valence-electron chi connectivity index (χ2n) is 4.66. The number of ether oxygens (including phenoxy) is 2. The Morgan fingerprint density at radius 1 is 1.10 bits per heavy atom. The van der Waals surface area contributed by atoms with Crippen molar-refractivity contribution in [2.24, 2.45) is 0 Å². The highest BCUT2D eigenvalue weighted by Crippen LogP contribution is 2.25. The first kappa shape index (κ1) is 16.2. The summed E-state index contributed by atoms with van der Waals surface area (Å²) in [5, 5.41) is 0. The first-order valence-corrected chi connectivity index (χ1v) is 6.89. The van der Waals surface area contributed by atoms with E-state index in [1.807, 2.05) is 0 Å². The van der Waals surface area contributed by atoms with Crippen molar-refractivity contribution in [2.45, 2.75) is 39.0 Å². The average Bonchev–Trinajstić information content (AvgIpc) is 2.46. The Morgan fingerprint density at radius 3 is 2.45 bits per heavy atom. The van der Waals surface area contributed by atoms with E-state index in [1.165, 1.54) is 14.2 Å². The fourth-order valence-corrected chi connectivity index (χ4v) is 1.97. The Balaban J connectivity index is 2.73. The summed E-state index contributed by atoms with van der Waals surface area (Å²) in [5.74, 6) is 0.806. The summed E-state index contributed by atoms with van der Waals surface area (Å²) >= 11 is 0. The van der Waals surface area contributed by atoms with Crippen LogP contribution in [0.3, 0.4) is 0 Å². The SMILES string of the molecule is CCCCCC(=O)CC(=O)c1cc(OC)ccc1OC. The van der Waals surface area contributed by atoms with E-state index in [-0.39, 0.29) is 18.0 Å². The van der Waals surface area contributed by atoms with Crippen LogP contribution in [0.4, 0.5) is 0 Å². The van der Waals surface area contributed by atoms with Crippen LogP contribution in [0.15, 0.2) is 18.2 Å². The molecule has 20 heavy (non-hydrogen) atoms. The molecule has 0 aliphatic rings. The molecule has 0 heterocycles. The number of hydrogen-bond acceptors (Lipinski definition) is 4. The number of Topliss-reactive ketones (excluding diaryl/α,β-unsaturated/α-hetero) is 2. The Morgan fingerprint density at radius 2 is 1.85 bits per heavy atom. The second-order valence-corrected chi connectivity index (χ2v) is 4.66. The van der Waals surface area contributed by atoms with E-state index in [9.17, 15) is 9.59 Å². The smallest absolute Gasteiger partial charge is 0.174 e. The molecule has 1 aromatic carbocycles. The highest BCUT2D eigenvalue weighted by atomic mass is 16.5. The third-order valence-corrected chi connectivity index (χ3v) is 3.12. The summed E-state index contributed by atoms with van der Waals surface area (Å²) in [4.78, 5) is 23.9. The van der Waals surface area contributed by atoms with Crippen molar-refractivity contribution in [2.75, 3.05) is 14.2 Å². The zero-order valence-corrected chi connectivity index (χ0v) is 12.4. The molecule has 0 N–H and O–H groups in total. The molecule has 1 aromatic rings. The van der Waals surface area contributed by atoms with Gasteiger partial charge in [-0.15, -0.1) is 0 Å². The topological polar surface area (TPSA) is 52.6 Å². The first-order chi connectivity index (χ1) is 9.62. The molecule has 0 aliphatic heterocycles. The van der Waals surface area contributed by atoms with Crippen LogP contribution in [-0.4, -0.2) is 25.8 Å². The molecular formula is C16H22O4. The zero-order chi connectivity index (χ0) is 15.0. The molecule has 4 heteroatoms. The molecule has 0 radical (unpaired) electrons. The monoisotopic (exact) mass is 278 g/mol. The molecule has 0 amide bonds. The Hall–Kier alpha value is -1.84. The fourth-order valence-electron chi connectivity index (χ4n) is 1.97. The number of unbranched alkanes of at least 4 members (excludes halogenated alkanes) is 2. The molecule has 0 bridgehead atoms. The van der Waals surface area contributed by atoms with E-state index >= 15 is 0 Å². The number of methoxy groups -OCH3 is 2. The lowest BCUT2D eigenvalue weighted by atomic mass is 10.0. The van der Waals surface area contributed by atoms with Crippen molar-refractivity contribution in [3.63, 3.8) is 0 Å². The predicted molar refractivity (Wildman–Crippen MR) is 77.6 cm³/mol. The molecule has 0 unspecified atom stereocenters. The van der Waals surface area contributed by atoms with Gasteiger partial charge < -0.3 is 9.47 Å². The van der Waals surface area contributed by atoms with Gasteiger partial charge in [0, 0.05) is 6.42 Å². The van der Waals surface area contributed by atoms with Gasteiger partial charge >= 0.3 is 0 Å². The molecule has 0 fully saturated rings. The molecule has 1 rings (SSSR count). The van der Waals surface area contributed by atoms with Gasteiger partial charge in [-0.2, -0.15) is 0 Å². The standard InChI is InChI=1S/C16H22O4/c1-4-5-6-7-12(17)10-15(18)14-11-13(19-2)8-9-16(14)20-3/h8-9,11H,4-7,10H2,1-3H3. The molecule has 0 atom stereocenters. The summed E-state index contributed by atoms with van der Waals surface area (Å²) in [6, 6.07) is 5.01. The molecule has 0 saturated heterocycles. The van der Waals surface area contributed by atoms with Crippen LogP contribution >= 0.6 is 0 Å². The van der Waals surface area contributed by atoms with Gasteiger partial charge in [-0.05, 0) is 24.6 Å². The summed E-state index contributed by atoms with van der Waals surface area (Å²) in [7, 11) is 3.04. The number of rotatable bonds is 9. The van der Waals surface area contributed by atoms with Crippen LogP contribution in [0.2, 0.25) is 0 Å². The number of carbonyl (C=O) groups is 2. The predicted octanol–water partition coefficient (Wildman–Crippen LogP) is 3.43. The first-order valence-electron chi connectivity index (χ1n) is 6.89. The summed E-state index contributed by atoms with van der Waals surface area (Å²) in [6.45, 7) is 2.08. The van der Waals surface area contributed by atoms with Crippen LogP contribution < -0.4 is 9.47 Å². The third kappa shape index (κ3) is 4.68. The van der Waals surface area contributed by atoms with Crippen LogP contribution in [0.1, 0.15) is 49.4 Å². The third-order valence-electron chi connectivity index (χ3n) is 3.12. The Bertz CT molecular complexity index is 466. The zero-order valence-electron chi connectivity index (χ0n) is 12.4. The number of benzene rings is 1. The van der Waals surface area contributed by atoms with Crippen LogP contribution in [0.25, 0.3) is 0 Å². The molecule has 110 valence electrons. The summed E-state index contributed by atoms with van der Waals surface area (Å²) in [6.07, 6.45) is 3.31. The lowest BCUT2D eigenvalue weighted by molar-refractivity contribution is -0.118. The maximum Gasteiger partial charge on any atom is 0.174 e. The molecular weight excluding hydrogens is 256 g/mol. The van der Waals surface area contributed by atoms with E-state index in [2.05, 4.69) is 6.92 Å². The van der Waals surface area contributed by atoms with Crippen molar-refractivity contribution in [3.8, 4) is 11.5 Å². The lowest BCUT2D eigenvalue weighted by Crippen LogP contribution is -2.09. The van der Waals surface area contributed by atoms with Gasteiger partial charge in [0.15, 0.2) is 5.78 Å². The largest absolute Gasteiger partial charge is 0.497 e. The Kier molecular flexibility index (Phi) is 6.77. The van der Waals surface area contributed by atoms with E-state index < -0.39 is 0 Å². The maximum atomic E-state index is 12.2. The highest BCUT2D eigenvalue weighted by molar-refractivity contribution is 6.09.